The zero-order chi connectivity index (χ0) is 10.3. The fourth-order valence-electron chi connectivity index (χ4n) is 2.38. The monoisotopic (exact) mass is 184 g/mol. The smallest absolute Gasteiger partial charge is 0.0365 e. The van der Waals surface area contributed by atoms with Crippen LogP contribution in [-0.2, 0) is 0 Å². The van der Waals surface area contributed by atoms with Crippen LogP contribution in [0.2, 0.25) is 0 Å². The Labute approximate surface area is 85.1 Å². The zero-order valence-electron chi connectivity index (χ0n) is 10.3. The molecule has 0 bridgehead atoms. The minimum atomic E-state index is 0.869. The second-order valence-electron chi connectivity index (χ2n) is 4.82. The Morgan fingerprint density at radius 3 is 1.85 bits per heavy atom. The van der Waals surface area contributed by atoms with Gasteiger partial charge in [-0.05, 0) is 24.2 Å². The van der Waals surface area contributed by atoms with Gasteiger partial charge in [-0.25, -0.2) is 0 Å². The van der Waals surface area contributed by atoms with Crippen molar-refractivity contribution in [2.75, 3.05) is 0 Å². The highest BCUT2D eigenvalue weighted by molar-refractivity contribution is 4.69. The molecule has 0 rings (SSSR count). The van der Waals surface area contributed by atoms with Gasteiger partial charge in [-0.15, -0.1) is 0 Å². The van der Waals surface area contributed by atoms with Crippen LogP contribution < -0.4 is 0 Å². The lowest BCUT2D eigenvalue weighted by Gasteiger charge is -2.27. The molecule has 0 heteroatoms. The number of hydrogen-bond acceptors (Lipinski definition) is 0. The van der Waals surface area contributed by atoms with E-state index in [1.165, 1.54) is 32.1 Å². The van der Waals surface area contributed by atoms with Gasteiger partial charge in [0.25, 0.3) is 0 Å². The first-order valence-electron chi connectivity index (χ1n) is 6.13. The topological polar surface area (TPSA) is 0 Å². The molecule has 0 aliphatic heterocycles. The molecular weight excluding hydrogens is 156 g/mol. The highest BCUT2D eigenvalue weighted by Gasteiger charge is 2.19. The maximum absolute atomic E-state index is 2.43. The molecule has 0 saturated heterocycles. The molecule has 0 nitrogen and oxygen atoms in total. The summed E-state index contributed by atoms with van der Waals surface area (Å²) in [5.74, 6) is 2.75. The van der Waals surface area contributed by atoms with Crippen molar-refractivity contribution in [3.8, 4) is 0 Å². The van der Waals surface area contributed by atoms with E-state index in [-0.39, 0.29) is 0 Å². The predicted molar refractivity (Wildman–Crippen MR) is 61.9 cm³/mol. The Hall–Kier alpha value is 0. The van der Waals surface area contributed by atoms with Crippen LogP contribution in [0, 0.1) is 17.8 Å². The van der Waals surface area contributed by atoms with Crippen LogP contribution in [0.4, 0.5) is 0 Å². The van der Waals surface area contributed by atoms with Crippen molar-refractivity contribution < 1.29 is 0 Å². The van der Waals surface area contributed by atoms with Crippen molar-refractivity contribution in [3.05, 3.63) is 0 Å². The molecule has 0 N–H and O–H groups in total. The van der Waals surface area contributed by atoms with Gasteiger partial charge >= 0.3 is 0 Å². The molecule has 0 saturated carbocycles. The Kier molecular flexibility index (Phi) is 7.41. The molecule has 0 amide bonds. The lowest BCUT2D eigenvalue weighted by Crippen LogP contribution is -2.17. The molecule has 0 fully saturated rings. The summed E-state index contributed by atoms with van der Waals surface area (Å²) in [6.45, 7) is 11.8. The van der Waals surface area contributed by atoms with Crippen LogP contribution in [0.25, 0.3) is 0 Å². The molecule has 0 spiro atoms. The largest absolute Gasteiger partial charge is 0.0654 e. The molecule has 0 aliphatic carbocycles. The molecule has 0 aliphatic rings. The van der Waals surface area contributed by atoms with Crippen LogP contribution in [0.3, 0.4) is 0 Å². The Morgan fingerprint density at radius 2 is 1.46 bits per heavy atom. The summed E-state index contributed by atoms with van der Waals surface area (Å²) < 4.78 is 0. The van der Waals surface area contributed by atoms with Gasteiger partial charge in [-0.3, -0.25) is 0 Å². The molecule has 13 heavy (non-hydrogen) atoms. The molecule has 0 aromatic heterocycles. The van der Waals surface area contributed by atoms with Crippen molar-refractivity contribution in [1.82, 2.24) is 0 Å². The third-order valence-electron chi connectivity index (χ3n) is 3.22. The molecular formula is C13H28. The summed E-state index contributed by atoms with van der Waals surface area (Å²) in [4.78, 5) is 0. The SMILES string of the molecule is CCCCC(C(C)C)C(C)CCC. The summed E-state index contributed by atoms with van der Waals surface area (Å²) in [6, 6.07) is 0. The Morgan fingerprint density at radius 1 is 0.846 bits per heavy atom. The van der Waals surface area contributed by atoms with Crippen molar-refractivity contribution in [2.24, 2.45) is 17.8 Å². The first-order chi connectivity index (χ1) is 6.13. The summed E-state index contributed by atoms with van der Waals surface area (Å²) in [6.07, 6.45) is 6.96. The lowest BCUT2D eigenvalue weighted by molar-refractivity contribution is 0.235. The van der Waals surface area contributed by atoms with Crippen LogP contribution in [0.1, 0.15) is 66.7 Å². The van der Waals surface area contributed by atoms with E-state index in [1.807, 2.05) is 0 Å². The van der Waals surface area contributed by atoms with E-state index in [1.54, 1.807) is 0 Å². The van der Waals surface area contributed by atoms with Gasteiger partial charge in [0, 0.05) is 0 Å². The van der Waals surface area contributed by atoms with Gasteiger partial charge < -0.3 is 0 Å². The molecule has 0 radical (unpaired) electrons. The highest BCUT2D eigenvalue weighted by Crippen LogP contribution is 2.29. The molecule has 80 valence electrons. The third kappa shape index (κ3) is 5.33. The van der Waals surface area contributed by atoms with Crippen LogP contribution in [0.15, 0.2) is 0 Å². The molecule has 0 heterocycles. The van der Waals surface area contributed by atoms with E-state index in [0.717, 1.165) is 17.8 Å². The minimum Gasteiger partial charge on any atom is -0.0654 e. The maximum Gasteiger partial charge on any atom is -0.0365 e. The van der Waals surface area contributed by atoms with Gasteiger partial charge in [-0.1, -0.05) is 60.3 Å². The van der Waals surface area contributed by atoms with E-state index in [4.69, 9.17) is 0 Å². The van der Waals surface area contributed by atoms with E-state index < -0.39 is 0 Å². The first kappa shape index (κ1) is 13.0. The van der Waals surface area contributed by atoms with Crippen molar-refractivity contribution >= 4 is 0 Å². The van der Waals surface area contributed by atoms with Gasteiger partial charge in [0.2, 0.25) is 0 Å². The average Bonchev–Trinajstić information content (AvgIpc) is 2.05. The van der Waals surface area contributed by atoms with Gasteiger partial charge in [0.1, 0.15) is 0 Å². The summed E-state index contributed by atoms with van der Waals surface area (Å²) >= 11 is 0. The van der Waals surface area contributed by atoms with Crippen molar-refractivity contribution in [2.45, 2.75) is 66.7 Å². The minimum absolute atomic E-state index is 0.869. The van der Waals surface area contributed by atoms with Gasteiger partial charge in [0.15, 0.2) is 0 Å². The lowest BCUT2D eigenvalue weighted by atomic mass is 9.79. The Bertz CT molecular complexity index is 105. The van der Waals surface area contributed by atoms with Crippen LogP contribution in [-0.4, -0.2) is 0 Å². The molecule has 0 aromatic rings. The van der Waals surface area contributed by atoms with Crippen molar-refractivity contribution in [1.29, 1.82) is 0 Å². The first-order valence-corrected chi connectivity index (χ1v) is 6.13. The fourth-order valence-corrected chi connectivity index (χ4v) is 2.38. The molecule has 0 aromatic carbocycles. The summed E-state index contributed by atoms with van der Waals surface area (Å²) in [5.41, 5.74) is 0. The van der Waals surface area contributed by atoms with E-state index in [9.17, 15) is 0 Å². The van der Waals surface area contributed by atoms with Crippen molar-refractivity contribution in [3.63, 3.8) is 0 Å². The third-order valence-corrected chi connectivity index (χ3v) is 3.22. The highest BCUT2D eigenvalue weighted by atomic mass is 14.2. The number of unbranched alkanes of at least 4 members (excludes halogenated alkanes) is 1. The van der Waals surface area contributed by atoms with E-state index >= 15 is 0 Å². The Balaban J connectivity index is 3.91. The van der Waals surface area contributed by atoms with E-state index in [2.05, 4.69) is 34.6 Å². The second kappa shape index (κ2) is 7.41. The quantitative estimate of drug-likeness (QED) is 0.528. The maximum atomic E-state index is 2.43. The standard InChI is InChI=1S/C13H28/c1-6-8-10-13(11(3)4)12(5)9-7-2/h11-13H,6-10H2,1-5H3. The molecule has 2 unspecified atom stereocenters. The van der Waals surface area contributed by atoms with Gasteiger partial charge in [-0.2, -0.15) is 0 Å². The number of hydrogen-bond donors (Lipinski definition) is 0. The second-order valence-corrected chi connectivity index (χ2v) is 4.82. The van der Waals surface area contributed by atoms with Crippen LogP contribution >= 0.6 is 0 Å². The van der Waals surface area contributed by atoms with Crippen LogP contribution in [0.5, 0.6) is 0 Å². The normalized spacial score (nSPS) is 16.2. The average molecular weight is 184 g/mol. The molecule has 2 atom stereocenters. The summed E-state index contributed by atoms with van der Waals surface area (Å²) in [7, 11) is 0. The fraction of sp³-hybridized carbons (Fsp3) is 1.00. The zero-order valence-corrected chi connectivity index (χ0v) is 10.3. The number of rotatable bonds is 7. The predicted octanol–water partition coefficient (Wildman–Crippen LogP) is 4.89. The van der Waals surface area contributed by atoms with Gasteiger partial charge in [0.05, 0.1) is 0 Å². The summed E-state index contributed by atoms with van der Waals surface area (Å²) in [5, 5.41) is 0. The van der Waals surface area contributed by atoms with E-state index in [0.29, 0.717) is 0 Å².